The number of allylic oxidation sites excluding steroid dienone is 1. The molecule has 0 saturated carbocycles. The van der Waals surface area contributed by atoms with Crippen molar-refractivity contribution in [2.45, 2.75) is 30.6 Å². The second-order valence-electron chi connectivity index (χ2n) is 7.55. The number of thioether (sulfide) groups is 1. The van der Waals surface area contributed by atoms with Gasteiger partial charge in [0.15, 0.2) is 0 Å². The van der Waals surface area contributed by atoms with Crippen molar-refractivity contribution in [3.63, 3.8) is 0 Å². The lowest BCUT2D eigenvalue weighted by Crippen LogP contribution is -2.68. The van der Waals surface area contributed by atoms with Crippen molar-refractivity contribution in [1.82, 2.24) is 9.80 Å². The van der Waals surface area contributed by atoms with E-state index in [9.17, 15) is 32.7 Å². The van der Waals surface area contributed by atoms with Crippen molar-refractivity contribution >= 4 is 35.5 Å². The topological polar surface area (TPSA) is 141 Å². The van der Waals surface area contributed by atoms with Crippen molar-refractivity contribution in [2.75, 3.05) is 12.3 Å². The lowest BCUT2D eigenvalue weighted by atomic mass is 10.0. The molecule has 4 N–H and O–H groups in total. The maximum Gasteiger partial charge on any atom is 0.490 e. The Kier molecular flexibility index (Phi) is 7.36. The maximum absolute atomic E-state index is 12.7. The highest BCUT2D eigenvalue weighted by molar-refractivity contribution is 8.00. The summed E-state index contributed by atoms with van der Waals surface area (Å²) in [6.07, 6.45) is -2.87. The minimum absolute atomic E-state index is 0.0488. The Labute approximate surface area is 195 Å². The molecule has 13 heteroatoms. The molecule has 1 aromatic rings. The molecular formula is C21H20F3N3O6S. The monoisotopic (exact) mass is 499 g/mol. The molecule has 3 heterocycles. The number of nitrogens with two attached hydrogens (primary N) is 1. The van der Waals surface area contributed by atoms with Crippen LogP contribution >= 0.6 is 11.8 Å². The van der Waals surface area contributed by atoms with Gasteiger partial charge in [0.05, 0.1) is 0 Å². The third-order valence-corrected chi connectivity index (χ3v) is 6.58. The van der Waals surface area contributed by atoms with E-state index in [-0.39, 0.29) is 22.9 Å². The molecule has 0 radical (unpaired) electrons. The largest absolute Gasteiger partial charge is 0.490 e. The Morgan fingerprint density at radius 2 is 1.79 bits per heavy atom. The Morgan fingerprint density at radius 1 is 1.18 bits per heavy atom. The summed E-state index contributed by atoms with van der Waals surface area (Å²) in [6.45, 7) is 1.12. The molecule has 0 bridgehead atoms. The molecule has 182 valence electrons. The molecule has 3 aliphatic heterocycles. The van der Waals surface area contributed by atoms with Gasteiger partial charge in [-0.3, -0.25) is 14.5 Å². The summed E-state index contributed by atoms with van der Waals surface area (Å²) in [6, 6.07) is 9.07. The highest BCUT2D eigenvalue weighted by Crippen LogP contribution is 2.40. The first-order valence-electron chi connectivity index (χ1n) is 9.92. The summed E-state index contributed by atoms with van der Waals surface area (Å²) in [7, 11) is 0. The number of likely N-dealkylation sites (tertiary alicyclic amines) is 1. The summed E-state index contributed by atoms with van der Waals surface area (Å²) >= 11 is 1.43. The average Bonchev–Trinajstić information content (AvgIpc) is 3.12. The molecule has 0 aliphatic carbocycles. The lowest BCUT2D eigenvalue weighted by molar-refractivity contribution is -0.192. The third kappa shape index (κ3) is 5.25. The smallest absolute Gasteiger partial charge is 0.477 e. The van der Waals surface area contributed by atoms with Gasteiger partial charge >= 0.3 is 18.1 Å². The number of carboxylic acids is 2. The number of fused-ring (bicyclic) bond motifs is 1. The SMILES string of the molecule is N[C@@H]1C(=O)N2C(C(=O)O)=C(/C=C3\CCN(Cc4ccccc4)C3=O)CS[C@H]12.O=C(O)C(F)(F)F. The normalized spacial score (nSPS) is 23.4. The van der Waals surface area contributed by atoms with Gasteiger partial charge in [-0.25, -0.2) is 9.59 Å². The first kappa shape index (κ1) is 25.3. The van der Waals surface area contributed by atoms with Crippen LogP contribution in [0.15, 0.2) is 53.3 Å². The van der Waals surface area contributed by atoms with Crippen molar-refractivity contribution in [3.05, 3.63) is 58.8 Å². The van der Waals surface area contributed by atoms with E-state index in [4.69, 9.17) is 15.6 Å². The fourth-order valence-electron chi connectivity index (χ4n) is 3.62. The van der Waals surface area contributed by atoms with Gasteiger partial charge in [-0.05, 0) is 23.6 Å². The van der Waals surface area contributed by atoms with E-state index in [1.807, 2.05) is 30.3 Å². The Balaban J connectivity index is 0.000000406. The number of carbonyl (C=O) groups excluding carboxylic acids is 2. The number of aliphatic carboxylic acids is 2. The molecule has 2 amide bonds. The zero-order chi connectivity index (χ0) is 25.2. The van der Waals surface area contributed by atoms with Gasteiger partial charge in [-0.1, -0.05) is 30.3 Å². The minimum atomic E-state index is -5.08. The number of alkyl halides is 3. The maximum atomic E-state index is 12.7. The number of carbonyl (C=O) groups is 4. The molecule has 4 rings (SSSR count). The predicted octanol–water partition coefficient (Wildman–Crippen LogP) is 1.56. The van der Waals surface area contributed by atoms with Crippen LogP contribution in [0.4, 0.5) is 13.2 Å². The molecule has 2 atom stereocenters. The quantitative estimate of drug-likeness (QED) is 0.419. The van der Waals surface area contributed by atoms with Gasteiger partial charge in [0.2, 0.25) is 11.8 Å². The van der Waals surface area contributed by atoms with E-state index < -0.39 is 24.2 Å². The van der Waals surface area contributed by atoms with Crippen LogP contribution in [-0.4, -0.2) is 73.7 Å². The molecule has 1 aromatic carbocycles. The third-order valence-electron chi connectivity index (χ3n) is 5.26. The zero-order valence-electron chi connectivity index (χ0n) is 17.5. The highest BCUT2D eigenvalue weighted by atomic mass is 32.2. The number of β-lactam (4-membered cyclic amide) rings is 1. The van der Waals surface area contributed by atoms with Crippen LogP contribution in [0, 0.1) is 0 Å². The number of benzene rings is 1. The van der Waals surface area contributed by atoms with E-state index in [0.717, 1.165) is 5.56 Å². The molecule has 2 fully saturated rings. The van der Waals surface area contributed by atoms with Gasteiger partial charge in [0.1, 0.15) is 17.1 Å². The van der Waals surface area contributed by atoms with Crippen LogP contribution in [0.2, 0.25) is 0 Å². The van der Waals surface area contributed by atoms with Crippen LogP contribution in [0.3, 0.4) is 0 Å². The second kappa shape index (κ2) is 9.89. The molecule has 2 saturated heterocycles. The van der Waals surface area contributed by atoms with Gasteiger partial charge < -0.3 is 20.8 Å². The van der Waals surface area contributed by atoms with Crippen molar-refractivity contribution < 1.29 is 42.6 Å². The van der Waals surface area contributed by atoms with Crippen molar-refractivity contribution in [3.8, 4) is 0 Å². The molecule has 0 aromatic heterocycles. The number of halogens is 3. The fraction of sp³-hybridized carbons (Fsp3) is 0.333. The zero-order valence-corrected chi connectivity index (χ0v) is 18.3. The molecule has 34 heavy (non-hydrogen) atoms. The Morgan fingerprint density at radius 3 is 2.35 bits per heavy atom. The number of rotatable bonds is 4. The second-order valence-corrected chi connectivity index (χ2v) is 8.65. The van der Waals surface area contributed by atoms with Gasteiger partial charge in [0, 0.05) is 24.4 Å². The number of nitrogens with zero attached hydrogens (tertiary/aromatic N) is 2. The summed E-state index contributed by atoms with van der Waals surface area (Å²) < 4.78 is 31.7. The molecular weight excluding hydrogens is 479 g/mol. The summed E-state index contributed by atoms with van der Waals surface area (Å²) in [5.74, 6) is -3.98. The van der Waals surface area contributed by atoms with Crippen LogP contribution in [0.5, 0.6) is 0 Å². The van der Waals surface area contributed by atoms with Crippen molar-refractivity contribution in [1.29, 1.82) is 0 Å². The summed E-state index contributed by atoms with van der Waals surface area (Å²) in [4.78, 5) is 48.4. The van der Waals surface area contributed by atoms with Gasteiger partial charge in [-0.15, -0.1) is 11.8 Å². The van der Waals surface area contributed by atoms with Gasteiger partial charge in [-0.2, -0.15) is 13.2 Å². The minimum Gasteiger partial charge on any atom is -0.477 e. The number of carboxylic acid groups (broad SMARTS) is 2. The molecule has 0 spiro atoms. The lowest BCUT2D eigenvalue weighted by Gasteiger charge is -2.47. The van der Waals surface area contributed by atoms with E-state index in [1.165, 1.54) is 16.7 Å². The number of hydrogen-bond acceptors (Lipinski definition) is 6. The van der Waals surface area contributed by atoms with Crippen LogP contribution in [0.25, 0.3) is 0 Å². The van der Waals surface area contributed by atoms with E-state index in [1.54, 1.807) is 11.0 Å². The number of amides is 2. The van der Waals surface area contributed by atoms with Gasteiger partial charge in [0.25, 0.3) is 0 Å². The Bertz CT molecular complexity index is 1070. The molecule has 9 nitrogen and oxygen atoms in total. The van der Waals surface area contributed by atoms with Crippen molar-refractivity contribution in [2.24, 2.45) is 5.73 Å². The average molecular weight is 499 g/mol. The highest BCUT2D eigenvalue weighted by Gasteiger charge is 2.51. The van der Waals surface area contributed by atoms with E-state index >= 15 is 0 Å². The predicted molar refractivity (Wildman–Crippen MR) is 114 cm³/mol. The molecule has 0 unspecified atom stereocenters. The van der Waals surface area contributed by atoms with Crippen LogP contribution < -0.4 is 5.73 Å². The summed E-state index contributed by atoms with van der Waals surface area (Å²) in [5, 5.41) is 16.4. The van der Waals surface area contributed by atoms with Crippen LogP contribution in [0.1, 0.15) is 12.0 Å². The number of hydrogen-bond donors (Lipinski definition) is 3. The molecule has 3 aliphatic rings. The Hall–Kier alpha value is -3.32. The first-order valence-corrected chi connectivity index (χ1v) is 11.0. The first-order chi connectivity index (χ1) is 15.9. The summed E-state index contributed by atoms with van der Waals surface area (Å²) in [5.41, 5.74) is 7.83. The van der Waals surface area contributed by atoms with Crippen LogP contribution in [-0.2, 0) is 25.7 Å². The standard InChI is InChI=1S/C19H19N3O4S.C2HF3O2/c20-14-17(24)22-15(19(25)26)13(10-27-18(14)22)8-12-6-7-21(16(12)23)9-11-4-2-1-3-5-11;3-2(4,5)1(6)7/h1-5,8,14,18H,6-7,9-10,20H2,(H,25,26);(H,6,7)/b12-8+;/t14-,18-;/m1./s1. The fourth-order valence-corrected chi connectivity index (χ4v) is 4.87. The van der Waals surface area contributed by atoms with E-state index in [0.29, 0.717) is 36.4 Å². The van der Waals surface area contributed by atoms with E-state index in [2.05, 4.69) is 0 Å².